The molecule has 6 nitrogen and oxygen atoms in total. The number of hydrogen-bond donors (Lipinski definition) is 2. The number of nitrogens with zero attached hydrogens (tertiary/aromatic N) is 3. The van der Waals surface area contributed by atoms with E-state index in [1.807, 2.05) is 18.2 Å². The monoisotopic (exact) mass is 466 g/mol. The fourth-order valence-corrected chi connectivity index (χ4v) is 4.04. The standard InChI is InChI=1S/C17H20AsBrN4O2/c1-2-3-4-13-22-14-15(23(13)8-7-20-17(24)25)11-6-5-10(19)9-12(11)21-16(14)18/h5-6,9,20H,2-4,7-8,18H2,1H3,(H,24,25). The number of amides is 1. The fraction of sp³-hybridized carbons (Fsp3) is 0.353. The number of pyridine rings is 1. The first-order chi connectivity index (χ1) is 12.0. The first kappa shape index (κ1) is 18.2. The van der Waals surface area contributed by atoms with Crippen molar-refractivity contribution >= 4 is 65.3 Å². The van der Waals surface area contributed by atoms with Crippen molar-refractivity contribution in [2.24, 2.45) is 0 Å². The Hall–Kier alpha value is -1.59. The van der Waals surface area contributed by atoms with Crippen molar-refractivity contribution in [2.45, 2.75) is 32.7 Å². The van der Waals surface area contributed by atoms with Crippen molar-refractivity contribution in [3.8, 4) is 0 Å². The van der Waals surface area contributed by atoms with E-state index in [2.05, 4.69) is 32.7 Å². The van der Waals surface area contributed by atoms with E-state index in [1.165, 1.54) is 16.9 Å². The van der Waals surface area contributed by atoms with E-state index >= 15 is 0 Å². The van der Waals surface area contributed by atoms with Crippen molar-refractivity contribution < 1.29 is 9.90 Å². The van der Waals surface area contributed by atoms with Crippen molar-refractivity contribution in [2.75, 3.05) is 6.54 Å². The van der Waals surface area contributed by atoms with E-state index in [0.717, 1.165) is 56.0 Å². The molecule has 0 bridgehead atoms. The Morgan fingerprint density at radius 1 is 1.40 bits per heavy atom. The van der Waals surface area contributed by atoms with Gasteiger partial charge in [-0.2, -0.15) is 0 Å². The average Bonchev–Trinajstić information content (AvgIpc) is 2.92. The van der Waals surface area contributed by atoms with Crippen LogP contribution in [-0.4, -0.2) is 49.1 Å². The summed E-state index contributed by atoms with van der Waals surface area (Å²) in [6, 6.07) is 6.06. The number of carbonyl (C=O) groups is 1. The Labute approximate surface area is 162 Å². The zero-order valence-corrected chi connectivity index (χ0v) is 17.9. The molecule has 3 rings (SSSR count). The summed E-state index contributed by atoms with van der Waals surface area (Å²) in [5.74, 6) is 1.00. The van der Waals surface area contributed by atoms with Gasteiger partial charge in [0.15, 0.2) is 0 Å². The number of hydrogen-bond acceptors (Lipinski definition) is 3. The molecule has 0 aliphatic rings. The molecule has 0 spiro atoms. The third-order valence-electron chi connectivity index (χ3n) is 4.11. The van der Waals surface area contributed by atoms with Crippen LogP contribution in [-0.2, 0) is 13.0 Å². The van der Waals surface area contributed by atoms with Crippen molar-refractivity contribution in [3.05, 3.63) is 28.5 Å². The minimum atomic E-state index is -1.01. The van der Waals surface area contributed by atoms with Gasteiger partial charge in [0, 0.05) is 0 Å². The summed E-state index contributed by atoms with van der Waals surface area (Å²) in [6.45, 7) is 3.07. The van der Waals surface area contributed by atoms with E-state index in [-0.39, 0.29) is 0 Å². The first-order valence-electron chi connectivity index (χ1n) is 8.22. The summed E-state index contributed by atoms with van der Waals surface area (Å²) in [7, 11) is 0. The Morgan fingerprint density at radius 3 is 2.92 bits per heavy atom. The van der Waals surface area contributed by atoms with Crippen LogP contribution < -0.4 is 9.80 Å². The van der Waals surface area contributed by atoms with Crippen LogP contribution >= 0.6 is 15.9 Å². The number of fused-ring (bicyclic) bond motifs is 3. The molecule has 3 aromatic rings. The number of nitrogens with one attached hydrogen (secondary N) is 1. The maximum atomic E-state index is 10.8. The number of aryl methyl sites for hydroxylation is 1. The number of imidazole rings is 1. The van der Waals surface area contributed by atoms with Crippen LogP contribution in [0.4, 0.5) is 4.79 Å². The number of carboxylic acid groups (broad SMARTS) is 1. The van der Waals surface area contributed by atoms with Crippen LogP contribution in [0.25, 0.3) is 21.9 Å². The number of halogens is 1. The van der Waals surface area contributed by atoms with Gasteiger partial charge in [0.1, 0.15) is 0 Å². The number of unbranched alkanes of at least 4 members (excludes halogenated alkanes) is 1. The van der Waals surface area contributed by atoms with E-state index in [0.29, 0.717) is 13.1 Å². The van der Waals surface area contributed by atoms with E-state index in [9.17, 15) is 4.79 Å². The zero-order valence-electron chi connectivity index (χ0n) is 13.9. The average molecular weight is 467 g/mol. The molecule has 132 valence electrons. The van der Waals surface area contributed by atoms with Crippen LogP contribution in [0.15, 0.2) is 22.7 Å². The van der Waals surface area contributed by atoms with Crippen molar-refractivity contribution in [3.63, 3.8) is 0 Å². The molecule has 1 unspecified atom stereocenters. The summed E-state index contributed by atoms with van der Waals surface area (Å²) in [5, 5.41) is 12.4. The molecular formula is C17H20AsBrN4O2. The molecule has 1 atom stereocenters. The zero-order chi connectivity index (χ0) is 18.0. The SMILES string of the molecule is CCCCc1nc2c([AsH2])nc3cc(Br)ccc3c2n1CCNC(=O)O. The van der Waals surface area contributed by atoms with Gasteiger partial charge in [0.25, 0.3) is 0 Å². The summed E-state index contributed by atoms with van der Waals surface area (Å²) in [4.78, 5) is 20.4. The second-order valence-electron chi connectivity index (χ2n) is 5.87. The molecular weight excluding hydrogens is 447 g/mol. The second-order valence-corrected chi connectivity index (χ2v) is 7.93. The molecule has 1 amide bonds. The van der Waals surface area contributed by atoms with Crippen LogP contribution in [0.5, 0.6) is 0 Å². The minimum absolute atomic E-state index is 0.352. The Bertz CT molecular complexity index is 941. The molecule has 8 heteroatoms. The third kappa shape index (κ3) is 3.82. The van der Waals surface area contributed by atoms with Gasteiger partial charge in [0.2, 0.25) is 0 Å². The molecule has 2 aromatic heterocycles. The Morgan fingerprint density at radius 2 is 2.20 bits per heavy atom. The van der Waals surface area contributed by atoms with Crippen LogP contribution in [0.3, 0.4) is 0 Å². The second kappa shape index (κ2) is 7.75. The molecule has 0 saturated carbocycles. The Kier molecular flexibility index (Phi) is 5.64. The predicted octanol–water partition coefficient (Wildman–Crippen LogP) is 2.22. The van der Waals surface area contributed by atoms with Gasteiger partial charge in [-0.05, 0) is 0 Å². The molecule has 0 radical (unpaired) electrons. The maximum absolute atomic E-state index is 10.8. The van der Waals surface area contributed by atoms with Gasteiger partial charge in [-0.25, -0.2) is 0 Å². The van der Waals surface area contributed by atoms with Gasteiger partial charge in [0.05, 0.1) is 0 Å². The molecule has 0 aliphatic heterocycles. The molecule has 0 fully saturated rings. The molecule has 1 aromatic carbocycles. The van der Waals surface area contributed by atoms with E-state index in [1.54, 1.807) is 0 Å². The molecule has 0 saturated heterocycles. The molecule has 2 N–H and O–H groups in total. The van der Waals surface area contributed by atoms with E-state index in [4.69, 9.17) is 15.1 Å². The number of aromatic nitrogens is 3. The van der Waals surface area contributed by atoms with Gasteiger partial charge >= 0.3 is 163 Å². The topological polar surface area (TPSA) is 80.0 Å². The quantitative estimate of drug-likeness (QED) is 0.546. The van der Waals surface area contributed by atoms with Crippen LogP contribution in [0.1, 0.15) is 25.6 Å². The normalized spacial score (nSPS) is 11.3. The van der Waals surface area contributed by atoms with Gasteiger partial charge in [-0.15, -0.1) is 0 Å². The van der Waals surface area contributed by atoms with Crippen LogP contribution in [0.2, 0.25) is 0 Å². The summed E-state index contributed by atoms with van der Waals surface area (Å²) >= 11 is 4.95. The van der Waals surface area contributed by atoms with E-state index < -0.39 is 6.09 Å². The third-order valence-corrected chi connectivity index (χ3v) is 5.45. The summed E-state index contributed by atoms with van der Waals surface area (Å²) < 4.78 is 4.10. The van der Waals surface area contributed by atoms with Gasteiger partial charge in [-0.3, -0.25) is 0 Å². The van der Waals surface area contributed by atoms with Gasteiger partial charge in [-0.1, -0.05) is 0 Å². The Balaban J connectivity index is 2.18. The number of benzene rings is 1. The van der Waals surface area contributed by atoms with Gasteiger partial charge < -0.3 is 0 Å². The predicted molar refractivity (Wildman–Crippen MR) is 106 cm³/mol. The van der Waals surface area contributed by atoms with Crippen molar-refractivity contribution in [1.29, 1.82) is 0 Å². The van der Waals surface area contributed by atoms with Crippen LogP contribution in [0, 0.1) is 0 Å². The molecule has 25 heavy (non-hydrogen) atoms. The molecule has 0 aliphatic carbocycles. The fourth-order valence-electron chi connectivity index (χ4n) is 2.97. The molecule has 2 heterocycles. The number of rotatable bonds is 6. The first-order valence-corrected chi connectivity index (χ1v) is 10.2. The summed E-state index contributed by atoms with van der Waals surface area (Å²) in [5.41, 5.74) is 2.90. The van der Waals surface area contributed by atoms with Crippen molar-refractivity contribution in [1.82, 2.24) is 19.9 Å². The summed E-state index contributed by atoms with van der Waals surface area (Å²) in [6.07, 6.45) is 2.01.